The molecule has 0 heterocycles. The van der Waals surface area contributed by atoms with E-state index in [4.69, 9.17) is 4.74 Å². The van der Waals surface area contributed by atoms with Gasteiger partial charge in [0.05, 0.1) is 5.75 Å². The third-order valence-corrected chi connectivity index (χ3v) is 4.11. The Balaban J connectivity index is 2.48. The Morgan fingerprint density at radius 2 is 1.91 bits per heavy atom. The van der Waals surface area contributed by atoms with Gasteiger partial charge in [0.2, 0.25) is 10.0 Å². The fourth-order valence-corrected chi connectivity index (χ4v) is 2.82. The summed E-state index contributed by atoms with van der Waals surface area (Å²) in [5.41, 5.74) is -0.518. The van der Waals surface area contributed by atoms with Crippen LogP contribution < -0.4 is 4.72 Å². The number of rotatable bonds is 6. The van der Waals surface area contributed by atoms with Gasteiger partial charge in [0.15, 0.2) is 0 Å². The van der Waals surface area contributed by atoms with Crippen molar-refractivity contribution in [2.45, 2.75) is 32.1 Å². The first-order valence-corrected chi connectivity index (χ1v) is 8.80. The molecule has 0 radical (unpaired) electrons. The third-order valence-electron chi connectivity index (χ3n) is 2.78. The van der Waals surface area contributed by atoms with Crippen molar-refractivity contribution < 1.29 is 22.3 Å². The Morgan fingerprint density at radius 3 is 2.48 bits per heavy atom. The number of hydrogen-bond acceptors (Lipinski definition) is 4. The van der Waals surface area contributed by atoms with Crippen molar-refractivity contribution in [3.63, 3.8) is 0 Å². The van der Waals surface area contributed by atoms with Crippen LogP contribution in [-0.2, 0) is 20.5 Å². The van der Waals surface area contributed by atoms with Crippen molar-refractivity contribution in [1.29, 1.82) is 0 Å². The van der Waals surface area contributed by atoms with Crippen LogP contribution in [0.15, 0.2) is 24.3 Å². The average Bonchev–Trinajstić information content (AvgIpc) is 2.39. The van der Waals surface area contributed by atoms with Crippen LogP contribution in [0, 0.1) is 5.82 Å². The van der Waals surface area contributed by atoms with E-state index in [1.54, 1.807) is 26.8 Å². The van der Waals surface area contributed by atoms with E-state index in [0.29, 0.717) is 0 Å². The first-order chi connectivity index (χ1) is 10.5. The number of halogens is 1. The lowest BCUT2D eigenvalue weighted by molar-refractivity contribution is 0.0302. The standard InChI is InChI=1S/C15H23FN2O4S/c1-15(2,3)22-14(19)18(4)10-9-17-23(20,21)11-12-7-5-6-8-13(12)16/h5-8,17H,9-11H2,1-4H3. The molecular formula is C15H23FN2O4S. The highest BCUT2D eigenvalue weighted by atomic mass is 32.2. The number of nitrogens with zero attached hydrogens (tertiary/aromatic N) is 1. The zero-order valence-electron chi connectivity index (χ0n) is 13.8. The Bertz CT molecular complexity index is 641. The Morgan fingerprint density at radius 1 is 1.30 bits per heavy atom. The van der Waals surface area contributed by atoms with E-state index >= 15 is 0 Å². The summed E-state index contributed by atoms with van der Waals surface area (Å²) in [6, 6.07) is 5.70. The molecule has 0 atom stereocenters. The van der Waals surface area contributed by atoms with Gasteiger partial charge < -0.3 is 9.64 Å². The first-order valence-electron chi connectivity index (χ1n) is 7.15. The highest BCUT2D eigenvalue weighted by Crippen LogP contribution is 2.10. The number of carbonyl (C=O) groups is 1. The van der Waals surface area contributed by atoms with Crippen LogP contribution in [0.2, 0.25) is 0 Å². The number of amides is 1. The van der Waals surface area contributed by atoms with E-state index in [2.05, 4.69) is 4.72 Å². The molecule has 0 aliphatic rings. The zero-order chi connectivity index (χ0) is 17.7. The Kier molecular flexibility index (Phi) is 6.52. The number of sulfonamides is 1. The quantitative estimate of drug-likeness (QED) is 0.856. The van der Waals surface area contributed by atoms with Crippen LogP contribution in [0.25, 0.3) is 0 Å². The lowest BCUT2D eigenvalue weighted by Gasteiger charge is -2.24. The summed E-state index contributed by atoms with van der Waals surface area (Å²) < 4.78 is 44.8. The van der Waals surface area contributed by atoms with Crippen molar-refractivity contribution in [3.05, 3.63) is 35.6 Å². The van der Waals surface area contributed by atoms with E-state index in [1.807, 2.05) is 0 Å². The van der Waals surface area contributed by atoms with E-state index in [0.717, 1.165) is 0 Å². The van der Waals surface area contributed by atoms with Gasteiger partial charge in [-0.15, -0.1) is 0 Å². The van der Waals surface area contributed by atoms with Gasteiger partial charge in [0, 0.05) is 25.7 Å². The summed E-state index contributed by atoms with van der Waals surface area (Å²) >= 11 is 0. The second kappa shape index (κ2) is 7.74. The minimum Gasteiger partial charge on any atom is -0.444 e. The molecule has 1 rings (SSSR count). The maximum Gasteiger partial charge on any atom is 0.410 e. The van der Waals surface area contributed by atoms with E-state index in [9.17, 15) is 17.6 Å². The first kappa shape index (κ1) is 19.4. The molecule has 1 N–H and O–H groups in total. The van der Waals surface area contributed by atoms with Crippen LogP contribution in [0.1, 0.15) is 26.3 Å². The number of hydrogen-bond donors (Lipinski definition) is 1. The number of carbonyl (C=O) groups excluding carboxylic acids is 1. The van der Waals surface area contributed by atoms with Gasteiger partial charge in [-0.05, 0) is 26.8 Å². The third kappa shape index (κ3) is 7.43. The zero-order valence-corrected chi connectivity index (χ0v) is 14.6. The molecule has 8 heteroatoms. The van der Waals surface area contributed by atoms with Gasteiger partial charge in [0.1, 0.15) is 11.4 Å². The summed E-state index contributed by atoms with van der Waals surface area (Å²) in [6.07, 6.45) is -0.536. The second-order valence-corrected chi connectivity index (χ2v) is 7.95. The van der Waals surface area contributed by atoms with Crippen LogP contribution in [0.4, 0.5) is 9.18 Å². The monoisotopic (exact) mass is 346 g/mol. The number of nitrogens with one attached hydrogen (secondary N) is 1. The summed E-state index contributed by atoms with van der Waals surface area (Å²) in [4.78, 5) is 13.0. The van der Waals surface area contributed by atoms with E-state index in [1.165, 1.54) is 30.1 Å². The normalized spacial score (nSPS) is 12.0. The molecule has 1 amide bonds. The van der Waals surface area contributed by atoms with Gasteiger partial charge in [-0.25, -0.2) is 22.3 Å². The predicted molar refractivity (Wildman–Crippen MR) is 85.9 cm³/mol. The van der Waals surface area contributed by atoms with Gasteiger partial charge in [-0.1, -0.05) is 18.2 Å². The van der Waals surface area contributed by atoms with Crippen LogP contribution in [-0.4, -0.2) is 45.1 Å². The minimum atomic E-state index is -3.68. The predicted octanol–water partition coefficient (Wildman–Crippen LogP) is 2.11. The SMILES string of the molecule is CN(CCNS(=O)(=O)Cc1ccccc1F)C(=O)OC(C)(C)C. The molecule has 0 bridgehead atoms. The fourth-order valence-electron chi connectivity index (χ4n) is 1.67. The lowest BCUT2D eigenvalue weighted by atomic mass is 10.2. The number of likely N-dealkylation sites (N-methyl/N-ethyl adjacent to an activating group) is 1. The molecule has 23 heavy (non-hydrogen) atoms. The molecule has 0 saturated carbocycles. The Labute approximate surface area is 136 Å². The smallest absolute Gasteiger partial charge is 0.410 e. The molecule has 0 unspecified atom stereocenters. The molecule has 0 aromatic heterocycles. The highest BCUT2D eigenvalue weighted by molar-refractivity contribution is 7.88. The van der Waals surface area contributed by atoms with Crippen molar-refractivity contribution in [3.8, 4) is 0 Å². The molecule has 0 aliphatic heterocycles. The van der Waals surface area contributed by atoms with Crippen molar-refractivity contribution in [2.24, 2.45) is 0 Å². The molecular weight excluding hydrogens is 323 g/mol. The van der Waals surface area contributed by atoms with Gasteiger partial charge >= 0.3 is 6.09 Å². The number of benzene rings is 1. The Hall–Kier alpha value is -1.67. The molecule has 0 fully saturated rings. The molecule has 1 aromatic rings. The van der Waals surface area contributed by atoms with Crippen molar-refractivity contribution in [2.75, 3.05) is 20.1 Å². The molecule has 1 aromatic carbocycles. The molecule has 6 nitrogen and oxygen atoms in total. The van der Waals surface area contributed by atoms with E-state index < -0.39 is 33.3 Å². The highest BCUT2D eigenvalue weighted by Gasteiger charge is 2.20. The second-order valence-electron chi connectivity index (χ2n) is 6.15. The van der Waals surface area contributed by atoms with Gasteiger partial charge in [0.25, 0.3) is 0 Å². The molecule has 0 aliphatic carbocycles. The van der Waals surface area contributed by atoms with Crippen LogP contribution in [0.3, 0.4) is 0 Å². The summed E-state index contributed by atoms with van der Waals surface area (Å²) in [5, 5.41) is 0. The minimum absolute atomic E-state index is 0.0204. The maximum absolute atomic E-state index is 13.5. The largest absolute Gasteiger partial charge is 0.444 e. The topological polar surface area (TPSA) is 75.7 Å². The van der Waals surface area contributed by atoms with Crippen molar-refractivity contribution in [1.82, 2.24) is 9.62 Å². The maximum atomic E-state index is 13.5. The molecule has 130 valence electrons. The van der Waals surface area contributed by atoms with Crippen molar-refractivity contribution >= 4 is 16.1 Å². The van der Waals surface area contributed by atoms with Crippen LogP contribution >= 0.6 is 0 Å². The van der Waals surface area contributed by atoms with Crippen LogP contribution in [0.5, 0.6) is 0 Å². The average molecular weight is 346 g/mol. The van der Waals surface area contributed by atoms with E-state index in [-0.39, 0.29) is 18.7 Å². The summed E-state index contributed by atoms with van der Waals surface area (Å²) in [5.74, 6) is -1.01. The van der Waals surface area contributed by atoms with Gasteiger partial charge in [-0.2, -0.15) is 0 Å². The molecule has 0 spiro atoms. The summed E-state index contributed by atoms with van der Waals surface area (Å²) in [6.45, 7) is 5.40. The molecule has 0 saturated heterocycles. The summed E-state index contributed by atoms with van der Waals surface area (Å²) in [7, 11) is -2.17. The fraction of sp³-hybridized carbons (Fsp3) is 0.533. The van der Waals surface area contributed by atoms with Gasteiger partial charge in [-0.3, -0.25) is 0 Å². The number of ether oxygens (including phenoxy) is 1. The lowest BCUT2D eigenvalue weighted by Crippen LogP contribution is -2.39.